The summed E-state index contributed by atoms with van der Waals surface area (Å²) in [5.74, 6) is 1.54. The molecule has 3 rings (SSSR count). The van der Waals surface area contributed by atoms with Gasteiger partial charge in [-0.05, 0) is 6.07 Å². The van der Waals surface area contributed by atoms with Crippen LogP contribution in [-0.4, -0.2) is 81.4 Å². The van der Waals surface area contributed by atoms with E-state index >= 15 is 0 Å². The normalized spacial score (nSPS) is 16.7. The molecule has 2 aliphatic heterocycles. The van der Waals surface area contributed by atoms with Gasteiger partial charge < -0.3 is 29.7 Å². The highest BCUT2D eigenvalue weighted by Crippen LogP contribution is 2.38. The molecule has 11 heteroatoms. The maximum Gasteiger partial charge on any atom is 0.387 e. The molecule has 30 heavy (non-hydrogen) atoms. The van der Waals surface area contributed by atoms with E-state index in [1.54, 1.807) is 20.0 Å². The van der Waals surface area contributed by atoms with Gasteiger partial charge in [-0.15, -0.1) is 0 Å². The number of benzene rings is 1. The van der Waals surface area contributed by atoms with Crippen molar-refractivity contribution in [3.63, 3.8) is 0 Å². The standard InChI is InChI=1S/C19H27F2N5O4/c1-13(27)26-7-5-25(6-8-26)4-3-23-19(22-2)24-11-14-9-16-17(29-12-28-16)10-15(14)30-18(20)21/h9-10,18H,3-8,11-12H2,1-2H3,(H2,22,23,24). The van der Waals surface area contributed by atoms with Gasteiger partial charge in [0, 0.05) is 71.4 Å². The Kier molecular flexibility index (Phi) is 7.50. The zero-order valence-electron chi connectivity index (χ0n) is 17.1. The van der Waals surface area contributed by atoms with Gasteiger partial charge in [0.1, 0.15) is 5.75 Å². The fourth-order valence-corrected chi connectivity index (χ4v) is 3.33. The van der Waals surface area contributed by atoms with Gasteiger partial charge in [0.05, 0.1) is 0 Å². The summed E-state index contributed by atoms with van der Waals surface area (Å²) in [6, 6.07) is 3.03. The van der Waals surface area contributed by atoms with Crippen LogP contribution in [0, 0.1) is 0 Å². The molecular formula is C19H27F2N5O4. The van der Waals surface area contributed by atoms with Crippen molar-refractivity contribution < 1.29 is 27.8 Å². The third-order valence-electron chi connectivity index (χ3n) is 4.98. The first-order chi connectivity index (χ1) is 14.5. The van der Waals surface area contributed by atoms with E-state index in [1.807, 2.05) is 4.90 Å². The lowest BCUT2D eigenvalue weighted by Gasteiger charge is -2.34. The second-order valence-corrected chi connectivity index (χ2v) is 6.89. The minimum atomic E-state index is -2.94. The highest BCUT2D eigenvalue weighted by atomic mass is 19.3. The van der Waals surface area contributed by atoms with Crippen LogP contribution in [0.1, 0.15) is 12.5 Å². The monoisotopic (exact) mass is 427 g/mol. The Balaban J connectivity index is 1.48. The van der Waals surface area contributed by atoms with E-state index in [0.717, 1.165) is 32.7 Å². The highest BCUT2D eigenvalue weighted by Gasteiger charge is 2.21. The van der Waals surface area contributed by atoms with Crippen LogP contribution in [0.15, 0.2) is 17.1 Å². The summed E-state index contributed by atoms with van der Waals surface area (Å²) >= 11 is 0. The average Bonchev–Trinajstić information content (AvgIpc) is 3.17. The largest absolute Gasteiger partial charge is 0.454 e. The van der Waals surface area contributed by atoms with Gasteiger partial charge in [0.25, 0.3) is 0 Å². The predicted octanol–water partition coefficient (Wildman–Crippen LogP) is 0.846. The molecule has 1 saturated heterocycles. The summed E-state index contributed by atoms with van der Waals surface area (Å²) < 4.78 is 40.7. The van der Waals surface area contributed by atoms with Crippen molar-refractivity contribution in [3.05, 3.63) is 17.7 Å². The molecule has 0 radical (unpaired) electrons. The van der Waals surface area contributed by atoms with E-state index in [9.17, 15) is 13.6 Å². The van der Waals surface area contributed by atoms with Gasteiger partial charge in [-0.3, -0.25) is 14.7 Å². The minimum absolute atomic E-state index is 0.0283. The molecule has 0 unspecified atom stereocenters. The molecule has 2 aliphatic rings. The summed E-state index contributed by atoms with van der Waals surface area (Å²) in [6.45, 7) is 3.50. The smallest absolute Gasteiger partial charge is 0.387 e. The van der Waals surface area contributed by atoms with Crippen LogP contribution in [0.25, 0.3) is 0 Å². The van der Waals surface area contributed by atoms with Crippen molar-refractivity contribution in [2.24, 2.45) is 4.99 Å². The van der Waals surface area contributed by atoms with E-state index < -0.39 is 6.61 Å². The third kappa shape index (κ3) is 5.85. The maximum atomic E-state index is 12.8. The molecule has 166 valence electrons. The van der Waals surface area contributed by atoms with Gasteiger partial charge >= 0.3 is 6.61 Å². The van der Waals surface area contributed by atoms with Crippen LogP contribution in [0.3, 0.4) is 0 Å². The summed E-state index contributed by atoms with van der Waals surface area (Å²) in [5.41, 5.74) is 0.503. The molecule has 0 bridgehead atoms. The summed E-state index contributed by atoms with van der Waals surface area (Å²) in [6.07, 6.45) is 0. The Bertz CT molecular complexity index is 770. The van der Waals surface area contributed by atoms with Crippen LogP contribution >= 0.6 is 0 Å². The van der Waals surface area contributed by atoms with E-state index in [2.05, 4.69) is 25.3 Å². The summed E-state index contributed by atoms with van der Waals surface area (Å²) in [7, 11) is 1.64. The van der Waals surface area contributed by atoms with Gasteiger partial charge in [-0.2, -0.15) is 8.78 Å². The molecule has 0 atom stereocenters. The molecule has 0 saturated carbocycles. The topological polar surface area (TPSA) is 87.7 Å². The first-order valence-corrected chi connectivity index (χ1v) is 9.76. The number of piperazine rings is 1. The number of rotatable bonds is 7. The van der Waals surface area contributed by atoms with Crippen molar-refractivity contribution in [2.75, 3.05) is 53.1 Å². The van der Waals surface area contributed by atoms with E-state index in [-0.39, 0.29) is 25.0 Å². The Labute approximate surface area is 174 Å². The third-order valence-corrected chi connectivity index (χ3v) is 4.98. The number of aliphatic imine (C=N–C) groups is 1. The van der Waals surface area contributed by atoms with Gasteiger partial charge in [-0.25, -0.2) is 0 Å². The number of alkyl halides is 2. The number of halogens is 2. The lowest BCUT2D eigenvalue weighted by atomic mass is 10.1. The number of nitrogens with zero attached hydrogens (tertiary/aromatic N) is 3. The molecule has 0 aliphatic carbocycles. The number of ether oxygens (including phenoxy) is 3. The molecule has 0 spiro atoms. The van der Waals surface area contributed by atoms with Crippen LogP contribution in [0.2, 0.25) is 0 Å². The SMILES string of the molecule is CN=C(NCCN1CCN(C(C)=O)CC1)NCc1cc2c(cc1OC(F)F)OCO2. The Morgan fingerprint density at radius 1 is 1.20 bits per heavy atom. The number of guanidine groups is 1. The highest BCUT2D eigenvalue weighted by molar-refractivity contribution is 5.79. The molecule has 2 heterocycles. The predicted molar refractivity (Wildman–Crippen MR) is 106 cm³/mol. The fourth-order valence-electron chi connectivity index (χ4n) is 3.33. The molecule has 0 aromatic heterocycles. The van der Waals surface area contributed by atoms with Crippen LogP contribution in [-0.2, 0) is 11.3 Å². The quantitative estimate of drug-likeness (QED) is 0.493. The average molecular weight is 427 g/mol. The number of hydrogen-bond acceptors (Lipinski definition) is 6. The second-order valence-electron chi connectivity index (χ2n) is 6.89. The molecule has 2 N–H and O–H groups in total. The van der Waals surface area contributed by atoms with E-state index in [4.69, 9.17) is 9.47 Å². The van der Waals surface area contributed by atoms with Crippen molar-refractivity contribution in [1.29, 1.82) is 0 Å². The number of carbonyl (C=O) groups excluding carboxylic acids is 1. The molecule has 1 aromatic carbocycles. The van der Waals surface area contributed by atoms with Crippen LogP contribution < -0.4 is 24.8 Å². The molecule has 1 amide bonds. The zero-order valence-corrected chi connectivity index (χ0v) is 17.1. The Hall–Kier alpha value is -2.82. The number of amides is 1. The first-order valence-electron chi connectivity index (χ1n) is 9.76. The van der Waals surface area contributed by atoms with Crippen LogP contribution in [0.5, 0.6) is 17.2 Å². The van der Waals surface area contributed by atoms with Crippen molar-refractivity contribution in [2.45, 2.75) is 20.1 Å². The van der Waals surface area contributed by atoms with Gasteiger partial charge in [-0.1, -0.05) is 0 Å². The van der Waals surface area contributed by atoms with Crippen molar-refractivity contribution in [1.82, 2.24) is 20.4 Å². The number of fused-ring (bicyclic) bond motifs is 1. The van der Waals surface area contributed by atoms with E-state index in [1.165, 1.54) is 6.07 Å². The van der Waals surface area contributed by atoms with E-state index in [0.29, 0.717) is 29.6 Å². The molecule has 9 nitrogen and oxygen atoms in total. The summed E-state index contributed by atoms with van der Waals surface area (Å²) in [5, 5.41) is 6.30. The van der Waals surface area contributed by atoms with Gasteiger partial charge in [0.2, 0.25) is 12.7 Å². The fraction of sp³-hybridized carbons (Fsp3) is 0.579. The Morgan fingerprint density at radius 3 is 2.53 bits per heavy atom. The lowest BCUT2D eigenvalue weighted by Crippen LogP contribution is -2.50. The second kappa shape index (κ2) is 10.3. The molecule has 1 aromatic rings. The van der Waals surface area contributed by atoms with Crippen LogP contribution in [0.4, 0.5) is 8.78 Å². The first kappa shape index (κ1) is 21.9. The number of nitrogens with one attached hydrogen (secondary N) is 2. The molecular weight excluding hydrogens is 400 g/mol. The van der Waals surface area contributed by atoms with Gasteiger partial charge in [0.15, 0.2) is 17.5 Å². The van der Waals surface area contributed by atoms with Crippen molar-refractivity contribution >= 4 is 11.9 Å². The maximum absolute atomic E-state index is 12.8. The minimum Gasteiger partial charge on any atom is -0.454 e. The number of carbonyl (C=O) groups is 1. The zero-order chi connectivity index (χ0) is 21.5. The Morgan fingerprint density at radius 2 is 1.90 bits per heavy atom. The van der Waals surface area contributed by atoms with Crippen molar-refractivity contribution in [3.8, 4) is 17.2 Å². The summed E-state index contributed by atoms with van der Waals surface area (Å²) in [4.78, 5) is 19.7. The molecule has 1 fully saturated rings. The number of hydrogen-bond donors (Lipinski definition) is 2. The lowest BCUT2D eigenvalue weighted by molar-refractivity contribution is -0.130.